The maximum atomic E-state index is 12.3. The van der Waals surface area contributed by atoms with Gasteiger partial charge in [0.05, 0.1) is 17.9 Å². The number of nitrogens with one attached hydrogen (secondary N) is 3. The zero-order chi connectivity index (χ0) is 26.8. The third-order valence-corrected chi connectivity index (χ3v) is 7.33. The van der Waals surface area contributed by atoms with Crippen molar-refractivity contribution >= 4 is 45.7 Å². The van der Waals surface area contributed by atoms with E-state index in [1.165, 1.54) is 4.88 Å². The quantitative estimate of drug-likeness (QED) is 0.296. The number of amides is 1. The number of aromatic nitrogens is 1. The number of nitrogen functional groups attached to an aromatic ring is 1. The van der Waals surface area contributed by atoms with E-state index in [-0.39, 0.29) is 23.5 Å². The SMILES string of the molecule is CC(C)C(=O)NC1=CC(c2ccc(N)c(C(=N)C3=NCc4c(cccc4-c4cccs4)N3)n2)=C[C@@H](C)C=C1. The van der Waals surface area contributed by atoms with Crippen LogP contribution in [0, 0.1) is 17.2 Å². The Labute approximate surface area is 226 Å². The maximum absolute atomic E-state index is 12.3. The topological polar surface area (TPSA) is 116 Å². The molecule has 0 saturated heterocycles. The van der Waals surface area contributed by atoms with Crippen molar-refractivity contribution in [2.75, 3.05) is 11.1 Å². The maximum Gasteiger partial charge on any atom is 0.226 e. The van der Waals surface area contributed by atoms with Crippen LogP contribution < -0.4 is 16.4 Å². The first kappa shape index (κ1) is 25.4. The van der Waals surface area contributed by atoms with Gasteiger partial charge in [-0.2, -0.15) is 0 Å². The second-order valence-corrected chi connectivity index (χ2v) is 10.6. The van der Waals surface area contributed by atoms with Gasteiger partial charge in [-0.15, -0.1) is 11.3 Å². The van der Waals surface area contributed by atoms with Gasteiger partial charge in [-0.1, -0.05) is 51.1 Å². The van der Waals surface area contributed by atoms with Crippen LogP contribution in [0.2, 0.25) is 0 Å². The highest BCUT2D eigenvalue weighted by Gasteiger charge is 2.22. The number of thiophene rings is 1. The van der Waals surface area contributed by atoms with E-state index in [2.05, 4.69) is 41.1 Å². The van der Waals surface area contributed by atoms with E-state index < -0.39 is 0 Å². The molecule has 3 aromatic rings. The number of allylic oxidation sites excluding steroid dienone is 5. The van der Waals surface area contributed by atoms with Crippen LogP contribution in [0.5, 0.6) is 0 Å². The Morgan fingerprint density at radius 1 is 1.21 bits per heavy atom. The summed E-state index contributed by atoms with van der Waals surface area (Å²) in [5.74, 6) is 0.388. The van der Waals surface area contributed by atoms with Gasteiger partial charge in [-0.05, 0) is 58.9 Å². The summed E-state index contributed by atoms with van der Waals surface area (Å²) in [5.41, 5.74) is 12.6. The second kappa shape index (κ2) is 10.6. The van der Waals surface area contributed by atoms with E-state index in [0.717, 1.165) is 22.4 Å². The Morgan fingerprint density at radius 3 is 2.82 bits per heavy atom. The second-order valence-electron chi connectivity index (χ2n) is 9.69. The fourth-order valence-corrected chi connectivity index (χ4v) is 5.11. The van der Waals surface area contributed by atoms with Gasteiger partial charge in [0.1, 0.15) is 11.4 Å². The number of fused-ring (bicyclic) bond motifs is 1. The fourth-order valence-electron chi connectivity index (χ4n) is 4.33. The van der Waals surface area contributed by atoms with E-state index >= 15 is 0 Å². The molecule has 5 rings (SSSR count). The summed E-state index contributed by atoms with van der Waals surface area (Å²) in [6, 6.07) is 13.9. The van der Waals surface area contributed by atoms with Crippen molar-refractivity contribution in [3.05, 3.63) is 94.8 Å². The van der Waals surface area contributed by atoms with Crippen LogP contribution in [0.3, 0.4) is 0 Å². The molecule has 1 aliphatic carbocycles. The van der Waals surface area contributed by atoms with E-state index in [9.17, 15) is 4.79 Å². The Morgan fingerprint density at radius 2 is 2.05 bits per heavy atom. The highest BCUT2D eigenvalue weighted by Crippen LogP contribution is 2.35. The van der Waals surface area contributed by atoms with Crippen molar-refractivity contribution < 1.29 is 4.79 Å². The van der Waals surface area contributed by atoms with Crippen LogP contribution in [-0.4, -0.2) is 22.4 Å². The molecule has 2 aromatic heterocycles. The zero-order valence-corrected chi connectivity index (χ0v) is 22.4. The highest BCUT2D eigenvalue weighted by molar-refractivity contribution is 7.13. The van der Waals surface area contributed by atoms with E-state index in [4.69, 9.17) is 21.1 Å². The molecule has 1 aliphatic heterocycles. The standard InChI is InChI=1S/C30H30N6OS/c1-17(2)30(37)34-20-10-9-18(3)14-19(15-20)24-12-11-23(31)28(35-24)27(32)29-33-16-22-21(26-8-5-13-38-26)6-4-7-25(22)36-29/h4-15,17-18,32H,16,31H2,1-3H3,(H,33,36)(H,34,37)/t18-/m0/s1. The monoisotopic (exact) mass is 522 g/mol. The van der Waals surface area contributed by atoms with E-state index in [1.54, 1.807) is 17.4 Å². The van der Waals surface area contributed by atoms with Crippen LogP contribution in [0.4, 0.5) is 11.4 Å². The number of nitrogens with zero attached hydrogens (tertiary/aromatic N) is 2. The lowest BCUT2D eigenvalue weighted by Crippen LogP contribution is -2.28. The summed E-state index contributed by atoms with van der Waals surface area (Å²) in [4.78, 5) is 23.0. The molecule has 8 heteroatoms. The molecular weight excluding hydrogens is 492 g/mol. The average molecular weight is 523 g/mol. The third kappa shape index (κ3) is 5.21. The molecule has 5 N–H and O–H groups in total. The number of aliphatic imine (C=N–C) groups is 1. The third-order valence-electron chi connectivity index (χ3n) is 6.43. The fraction of sp³-hybridized carbons (Fsp3) is 0.200. The Balaban J connectivity index is 1.44. The lowest BCUT2D eigenvalue weighted by atomic mass is 10.0. The molecule has 0 radical (unpaired) electrons. The average Bonchev–Trinajstić information content (AvgIpc) is 3.38. The number of nitrogens with two attached hydrogens (primary N) is 1. The number of benzene rings is 1. The molecule has 1 atom stereocenters. The predicted octanol–water partition coefficient (Wildman–Crippen LogP) is 6.03. The van der Waals surface area contributed by atoms with Gasteiger partial charge < -0.3 is 16.4 Å². The summed E-state index contributed by atoms with van der Waals surface area (Å²) in [5, 5.41) is 17.3. The van der Waals surface area contributed by atoms with Gasteiger partial charge in [0.15, 0.2) is 5.84 Å². The van der Waals surface area contributed by atoms with Gasteiger partial charge in [0, 0.05) is 27.7 Å². The molecule has 0 fully saturated rings. The number of hydrogen-bond acceptors (Lipinski definition) is 7. The highest BCUT2D eigenvalue weighted by atomic mass is 32.1. The minimum Gasteiger partial charge on any atom is -0.397 e. The largest absolute Gasteiger partial charge is 0.397 e. The van der Waals surface area contributed by atoms with Crippen molar-refractivity contribution in [2.24, 2.45) is 16.8 Å². The first-order valence-electron chi connectivity index (χ1n) is 12.6. The van der Waals surface area contributed by atoms with Crippen LogP contribution in [0.25, 0.3) is 16.0 Å². The summed E-state index contributed by atoms with van der Waals surface area (Å²) in [6.07, 6.45) is 7.93. The number of carbonyl (C=O) groups is 1. The first-order valence-corrected chi connectivity index (χ1v) is 13.4. The summed E-state index contributed by atoms with van der Waals surface area (Å²) in [7, 11) is 0. The molecule has 1 amide bonds. The Hall–Kier alpha value is -4.30. The van der Waals surface area contributed by atoms with Crippen LogP contribution in [-0.2, 0) is 11.3 Å². The predicted molar refractivity (Wildman–Crippen MR) is 157 cm³/mol. The number of anilines is 2. The number of pyridine rings is 1. The van der Waals surface area contributed by atoms with Gasteiger partial charge in [-0.3, -0.25) is 15.2 Å². The van der Waals surface area contributed by atoms with E-state index in [1.807, 2.05) is 56.3 Å². The lowest BCUT2D eigenvalue weighted by Gasteiger charge is -2.21. The van der Waals surface area contributed by atoms with Crippen molar-refractivity contribution in [3.8, 4) is 10.4 Å². The summed E-state index contributed by atoms with van der Waals surface area (Å²) < 4.78 is 0. The minimum atomic E-state index is -0.130. The number of amidine groups is 1. The number of carbonyl (C=O) groups excluding carboxylic acids is 1. The molecule has 1 aromatic carbocycles. The van der Waals surface area contributed by atoms with Crippen molar-refractivity contribution in [1.82, 2.24) is 10.3 Å². The molecular formula is C30H30N6OS. The van der Waals surface area contributed by atoms with Crippen molar-refractivity contribution in [2.45, 2.75) is 27.3 Å². The van der Waals surface area contributed by atoms with Crippen LogP contribution in [0.1, 0.15) is 37.7 Å². The molecule has 3 heterocycles. The molecule has 0 spiro atoms. The van der Waals surface area contributed by atoms with Gasteiger partial charge in [0.2, 0.25) is 5.91 Å². The van der Waals surface area contributed by atoms with Gasteiger partial charge in [-0.25, -0.2) is 4.98 Å². The molecule has 0 saturated carbocycles. The van der Waals surface area contributed by atoms with Crippen LogP contribution in [0.15, 0.2) is 82.8 Å². The summed E-state index contributed by atoms with van der Waals surface area (Å²) >= 11 is 1.69. The van der Waals surface area contributed by atoms with Gasteiger partial charge >= 0.3 is 0 Å². The molecule has 0 unspecified atom stereocenters. The lowest BCUT2D eigenvalue weighted by molar-refractivity contribution is -0.123. The molecule has 192 valence electrons. The van der Waals surface area contributed by atoms with Crippen molar-refractivity contribution in [1.29, 1.82) is 5.41 Å². The smallest absolute Gasteiger partial charge is 0.226 e. The number of rotatable bonds is 6. The normalized spacial score (nSPS) is 16.5. The Kier molecular flexibility index (Phi) is 7.07. The molecule has 38 heavy (non-hydrogen) atoms. The zero-order valence-electron chi connectivity index (χ0n) is 21.6. The molecule has 0 bridgehead atoms. The molecule has 7 nitrogen and oxygen atoms in total. The van der Waals surface area contributed by atoms with E-state index in [0.29, 0.717) is 35.2 Å². The number of hydrogen-bond donors (Lipinski definition) is 4. The van der Waals surface area contributed by atoms with Crippen LogP contribution >= 0.6 is 11.3 Å². The van der Waals surface area contributed by atoms with Crippen molar-refractivity contribution in [3.63, 3.8) is 0 Å². The van der Waals surface area contributed by atoms with Gasteiger partial charge in [0.25, 0.3) is 0 Å². The Bertz CT molecular complexity index is 1530. The first-order chi connectivity index (χ1) is 18.3. The molecule has 2 aliphatic rings. The minimum absolute atomic E-state index is 0.0496. The summed E-state index contributed by atoms with van der Waals surface area (Å²) in [6.45, 7) is 6.25.